The highest BCUT2D eigenvalue weighted by atomic mass is 14.9. The molecule has 0 atom stereocenters. The quantitative estimate of drug-likeness (QED) is 0.335. The molecule has 3 heterocycles. The van der Waals surface area contributed by atoms with Crippen LogP contribution in [0.1, 0.15) is 0 Å². The van der Waals surface area contributed by atoms with Gasteiger partial charge in [0.2, 0.25) is 0 Å². The third-order valence-electron chi connectivity index (χ3n) is 3.69. The van der Waals surface area contributed by atoms with Crippen LogP contribution in [0.2, 0.25) is 0 Å². The van der Waals surface area contributed by atoms with E-state index < -0.39 is 0 Å². The number of nitrogens with one attached hydrogen (secondary N) is 1. The molecule has 4 aromatic rings. The Labute approximate surface area is 126 Å². The molecule has 0 fully saturated rings. The lowest BCUT2D eigenvalue weighted by Gasteiger charge is -2.15. The van der Waals surface area contributed by atoms with Crippen LogP contribution in [0.25, 0.3) is 21.5 Å². The first-order valence-corrected chi connectivity index (χ1v) is 6.90. The van der Waals surface area contributed by atoms with E-state index in [1.54, 1.807) is 24.8 Å². The minimum atomic E-state index is 0.694. The standard InChI is InChI=1S/C17H13N5/c18-16-12-3-6-20-9-14(12)15-10-21-7-4-13(15)17(16)22-11-2-1-5-19-8-11/h1-10,22H,18H2. The van der Waals surface area contributed by atoms with Crippen LogP contribution >= 0.6 is 0 Å². The number of aromatic nitrogens is 3. The first-order valence-electron chi connectivity index (χ1n) is 6.90. The molecule has 5 heteroatoms. The summed E-state index contributed by atoms with van der Waals surface area (Å²) in [6, 6.07) is 7.71. The number of benzene rings is 1. The van der Waals surface area contributed by atoms with Gasteiger partial charge in [-0.05, 0) is 24.3 Å². The van der Waals surface area contributed by atoms with Crippen LogP contribution in [0.3, 0.4) is 0 Å². The molecule has 0 radical (unpaired) electrons. The van der Waals surface area contributed by atoms with Crippen molar-refractivity contribution in [2.75, 3.05) is 11.1 Å². The van der Waals surface area contributed by atoms with Gasteiger partial charge < -0.3 is 11.1 Å². The molecule has 0 aliphatic heterocycles. The monoisotopic (exact) mass is 287 g/mol. The van der Waals surface area contributed by atoms with Crippen molar-refractivity contribution in [2.24, 2.45) is 0 Å². The molecule has 0 spiro atoms. The van der Waals surface area contributed by atoms with Crippen molar-refractivity contribution in [1.29, 1.82) is 0 Å². The van der Waals surface area contributed by atoms with Gasteiger partial charge in [0.05, 0.1) is 23.3 Å². The van der Waals surface area contributed by atoms with Gasteiger partial charge in [0.1, 0.15) is 0 Å². The number of fused-ring (bicyclic) bond motifs is 3. The average molecular weight is 287 g/mol. The van der Waals surface area contributed by atoms with Gasteiger partial charge in [-0.1, -0.05) is 0 Å². The highest BCUT2D eigenvalue weighted by Gasteiger charge is 2.12. The molecule has 4 rings (SSSR count). The second-order valence-electron chi connectivity index (χ2n) is 5.00. The minimum Gasteiger partial charge on any atom is -0.397 e. The first-order chi connectivity index (χ1) is 10.8. The number of nitrogens with zero attached hydrogens (tertiary/aromatic N) is 3. The number of hydrogen-bond acceptors (Lipinski definition) is 5. The summed E-state index contributed by atoms with van der Waals surface area (Å²) >= 11 is 0. The van der Waals surface area contributed by atoms with Crippen LogP contribution in [0.5, 0.6) is 0 Å². The summed E-state index contributed by atoms with van der Waals surface area (Å²) < 4.78 is 0. The van der Waals surface area contributed by atoms with Crippen LogP contribution < -0.4 is 11.1 Å². The maximum atomic E-state index is 6.40. The molecule has 3 aromatic heterocycles. The van der Waals surface area contributed by atoms with Crippen molar-refractivity contribution in [1.82, 2.24) is 15.0 Å². The fourth-order valence-corrected chi connectivity index (χ4v) is 2.67. The summed E-state index contributed by atoms with van der Waals surface area (Å²) in [6.07, 6.45) is 10.7. The highest BCUT2D eigenvalue weighted by molar-refractivity contribution is 6.19. The van der Waals surface area contributed by atoms with Crippen molar-refractivity contribution < 1.29 is 0 Å². The van der Waals surface area contributed by atoms with Gasteiger partial charge >= 0.3 is 0 Å². The van der Waals surface area contributed by atoms with Gasteiger partial charge in [0, 0.05) is 52.5 Å². The summed E-state index contributed by atoms with van der Waals surface area (Å²) in [5.41, 5.74) is 8.85. The number of nitrogens with two attached hydrogens (primary N) is 1. The van der Waals surface area contributed by atoms with E-state index in [1.807, 2.05) is 36.7 Å². The molecular formula is C17H13N5. The van der Waals surface area contributed by atoms with Crippen molar-refractivity contribution in [3.05, 3.63) is 61.4 Å². The van der Waals surface area contributed by atoms with Gasteiger partial charge in [-0.25, -0.2) is 0 Å². The average Bonchev–Trinajstić information content (AvgIpc) is 2.59. The molecule has 106 valence electrons. The molecule has 1 aromatic carbocycles. The number of anilines is 3. The Morgan fingerprint density at radius 1 is 0.727 bits per heavy atom. The van der Waals surface area contributed by atoms with Crippen LogP contribution in [0, 0.1) is 0 Å². The zero-order chi connectivity index (χ0) is 14.9. The Morgan fingerprint density at radius 3 is 2.14 bits per heavy atom. The molecule has 0 aliphatic rings. The normalized spacial score (nSPS) is 10.9. The van der Waals surface area contributed by atoms with E-state index in [-0.39, 0.29) is 0 Å². The van der Waals surface area contributed by atoms with Crippen molar-refractivity contribution in [3.63, 3.8) is 0 Å². The highest BCUT2D eigenvalue weighted by Crippen LogP contribution is 2.38. The van der Waals surface area contributed by atoms with Gasteiger partial charge in [0.15, 0.2) is 0 Å². The van der Waals surface area contributed by atoms with E-state index in [9.17, 15) is 0 Å². The SMILES string of the molecule is Nc1c(Nc2cccnc2)c2ccncc2c2cnccc12. The number of pyridine rings is 3. The van der Waals surface area contributed by atoms with Crippen LogP contribution in [0.15, 0.2) is 61.4 Å². The molecule has 0 aliphatic carbocycles. The Bertz CT molecular complexity index is 966. The third-order valence-corrected chi connectivity index (χ3v) is 3.69. The van der Waals surface area contributed by atoms with E-state index in [1.165, 1.54) is 0 Å². The molecule has 0 bridgehead atoms. The van der Waals surface area contributed by atoms with Gasteiger partial charge in [0.25, 0.3) is 0 Å². The zero-order valence-corrected chi connectivity index (χ0v) is 11.7. The summed E-state index contributed by atoms with van der Waals surface area (Å²) in [5, 5.41) is 7.36. The van der Waals surface area contributed by atoms with Gasteiger partial charge in [-0.15, -0.1) is 0 Å². The van der Waals surface area contributed by atoms with E-state index in [0.29, 0.717) is 5.69 Å². The van der Waals surface area contributed by atoms with E-state index in [4.69, 9.17) is 5.73 Å². The van der Waals surface area contributed by atoms with Crippen molar-refractivity contribution in [2.45, 2.75) is 0 Å². The van der Waals surface area contributed by atoms with Crippen LogP contribution in [0.4, 0.5) is 17.1 Å². The van der Waals surface area contributed by atoms with E-state index in [0.717, 1.165) is 32.9 Å². The van der Waals surface area contributed by atoms with E-state index >= 15 is 0 Å². The topological polar surface area (TPSA) is 76.7 Å². The van der Waals surface area contributed by atoms with Crippen LogP contribution in [-0.4, -0.2) is 15.0 Å². The molecule has 5 nitrogen and oxygen atoms in total. The summed E-state index contributed by atoms with van der Waals surface area (Å²) in [7, 11) is 0. The number of rotatable bonds is 2. The predicted molar refractivity (Wildman–Crippen MR) is 89.0 cm³/mol. The smallest absolute Gasteiger partial charge is 0.0705 e. The Balaban J connectivity index is 2.05. The summed E-state index contributed by atoms with van der Waals surface area (Å²) in [5.74, 6) is 0. The predicted octanol–water partition coefficient (Wildman–Crippen LogP) is 3.50. The molecule has 0 saturated carbocycles. The molecule has 0 amide bonds. The lowest BCUT2D eigenvalue weighted by Crippen LogP contribution is -1.99. The Morgan fingerprint density at radius 2 is 1.41 bits per heavy atom. The Hall–Kier alpha value is -3.21. The number of hydrogen-bond donors (Lipinski definition) is 2. The first kappa shape index (κ1) is 12.5. The maximum Gasteiger partial charge on any atom is 0.0705 e. The molecule has 3 N–H and O–H groups in total. The lowest BCUT2D eigenvalue weighted by atomic mass is 10.0. The second-order valence-corrected chi connectivity index (χ2v) is 5.00. The maximum absolute atomic E-state index is 6.40. The minimum absolute atomic E-state index is 0.694. The third kappa shape index (κ3) is 1.91. The fourth-order valence-electron chi connectivity index (χ4n) is 2.67. The lowest BCUT2D eigenvalue weighted by molar-refractivity contribution is 1.32. The molecular weight excluding hydrogens is 274 g/mol. The second kappa shape index (κ2) is 4.96. The van der Waals surface area contributed by atoms with E-state index in [2.05, 4.69) is 20.3 Å². The van der Waals surface area contributed by atoms with Gasteiger partial charge in [-0.3, -0.25) is 15.0 Å². The molecule has 0 saturated heterocycles. The van der Waals surface area contributed by atoms with Crippen molar-refractivity contribution in [3.8, 4) is 0 Å². The summed E-state index contributed by atoms with van der Waals surface area (Å²) in [4.78, 5) is 12.6. The Kier molecular flexibility index (Phi) is 2.83. The van der Waals surface area contributed by atoms with Crippen LogP contribution in [-0.2, 0) is 0 Å². The molecule has 22 heavy (non-hydrogen) atoms. The van der Waals surface area contributed by atoms with Gasteiger partial charge in [-0.2, -0.15) is 0 Å². The zero-order valence-electron chi connectivity index (χ0n) is 11.7. The summed E-state index contributed by atoms with van der Waals surface area (Å²) in [6.45, 7) is 0. The fraction of sp³-hybridized carbons (Fsp3) is 0. The number of nitrogen functional groups attached to an aromatic ring is 1. The largest absolute Gasteiger partial charge is 0.397 e. The van der Waals surface area contributed by atoms with Crippen molar-refractivity contribution >= 4 is 38.6 Å². The molecule has 0 unspecified atom stereocenters.